The highest BCUT2D eigenvalue weighted by Gasteiger charge is 2.11. The fourth-order valence-electron chi connectivity index (χ4n) is 1.48. The first-order chi connectivity index (χ1) is 9.02. The molecule has 1 atom stereocenters. The number of carbonyl (C=O) groups is 1. The van der Waals surface area contributed by atoms with Gasteiger partial charge in [-0.2, -0.15) is 0 Å². The zero-order valence-electron chi connectivity index (χ0n) is 11.6. The smallest absolute Gasteiger partial charge is 0.252 e. The van der Waals surface area contributed by atoms with Gasteiger partial charge >= 0.3 is 0 Å². The molecular formula is C14H20N2O2S. The van der Waals surface area contributed by atoms with Crippen molar-refractivity contribution in [2.75, 3.05) is 27.2 Å². The standard InChI is InChI=1S/C14H20N2O2S/c1-11(6-7-16(2)3)15-14(18)12-9-13(19-10-12)5-4-8-17/h9-11,17H,6-8H2,1-3H3,(H,15,18). The summed E-state index contributed by atoms with van der Waals surface area (Å²) in [6.07, 6.45) is 0.917. The van der Waals surface area contributed by atoms with Crippen molar-refractivity contribution in [2.24, 2.45) is 0 Å². The fraction of sp³-hybridized carbons (Fsp3) is 0.500. The van der Waals surface area contributed by atoms with E-state index in [1.165, 1.54) is 11.3 Å². The number of thiophene rings is 1. The van der Waals surface area contributed by atoms with Gasteiger partial charge in [-0.05, 0) is 40.1 Å². The van der Waals surface area contributed by atoms with Gasteiger partial charge in [0.05, 0.1) is 10.4 Å². The third kappa shape index (κ3) is 5.88. The third-order valence-corrected chi connectivity index (χ3v) is 3.38. The molecule has 0 fully saturated rings. The van der Waals surface area contributed by atoms with Gasteiger partial charge < -0.3 is 15.3 Å². The Morgan fingerprint density at radius 1 is 1.58 bits per heavy atom. The summed E-state index contributed by atoms with van der Waals surface area (Å²) in [5.41, 5.74) is 0.629. The van der Waals surface area contributed by atoms with Gasteiger partial charge in [0, 0.05) is 11.4 Å². The van der Waals surface area contributed by atoms with Crippen LogP contribution in [0.4, 0.5) is 0 Å². The van der Waals surface area contributed by atoms with Gasteiger partial charge in [-0.15, -0.1) is 11.3 Å². The van der Waals surface area contributed by atoms with Crippen LogP contribution in [0.15, 0.2) is 11.4 Å². The lowest BCUT2D eigenvalue weighted by Gasteiger charge is -2.16. The molecule has 2 N–H and O–H groups in total. The van der Waals surface area contributed by atoms with Crippen LogP contribution in [0.3, 0.4) is 0 Å². The summed E-state index contributed by atoms with van der Waals surface area (Å²) in [4.78, 5) is 14.9. The molecular weight excluding hydrogens is 260 g/mol. The Kier molecular flexibility index (Phi) is 6.57. The van der Waals surface area contributed by atoms with Crippen molar-refractivity contribution in [3.05, 3.63) is 21.9 Å². The second-order valence-corrected chi connectivity index (χ2v) is 5.54. The third-order valence-electron chi connectivity index (χ3n) is 2.54. The van der Waals surface area contributed by atoms with Gasteiger partial charge in [-0.1, -0.05) is 11.8 Å². The SMILES string of the molecule is CC(CCN(C)C)NC(=O)c1csc(C#CCO)c1. The molecule has 0 aliphatic rings. The second kappa shape index (κ2) is 7.95. The molecule has 1 unspecified atom stereocenters. The summed E-state index contributed by atoms with van der Waals surface area (Å²) < 4.78 is 0. The molecule has 1 amide bonds. The molecule has 4 nitrogen and oxygen atoms in total. The molecule has 104 valence electrons. The lowest BCUT2D eigenvalue weighted by Crippen LogP contribution is -2.34. The molecule has 0 bridgehead atoms. The van der Waals surface area contributed by atoms with E-state index in [1.54, 1.807) is 11.4 Å². The van der Waals surface area contributed by atoms with Crippen LogP contribution in [0.2, 0.25) is 0 Å². The van der Waals surface area contributed by atoms with E-state index < -0.39 is 0 Å². The summed E-state index contributed by atoms with van der Waals surface area (Å²) in [6.45, 7) is 2.78. The Hall–Kier alpha value is -1.35. The molecule has 0 spiro atoms. The van der Waals surface area contributed by atoms with Gasteiger partial charge in [0.25, 0.3) is 5.91 Å². The number of aliphatic hydroxyl groups excluding tert-OH is 1. The first-order valence-corrected chi connectivity index (χ1v) is 7.04. The molecule has 5 heteroatoms. The number of hydrogen-bond acceptors (Lipinski definition) is 4. The second-order valence-electron chi connectivity index (χ2n) is 4.63. The van der Waals surface area contributed by atoms with Crippen LogP contribution in [0.5, 0.6) is 0 Å². The maximum atomic E-state index is 12.0. The predicted molar refractivity (Wildman–Crippen MR) is 78.4 cm³/mol. The van der Waals surface area contributed by atoms with Crippen LogP contribution in [0.25, 0.3) is 0 Å². The highest BCUT2D eigenvalue weighted by molar-refractivity contribution is 7.10. The molecule has 1 aromatic rings. The van der Waals surface area contributed by atoms with Crippen molar-refractivity contribution in [2.45, 2.75) is 19.4 Å². The van der Waals surface area contributed by atoms with E-state index in [-0.39, 0.29) is 18.6 Å². The topological polar surface area (TPSA) is 52.6 Å². The molecule has 1 rings (SSSR count). The molecule has 0 saturated heterocycles. The fourth-order valence-corrected chi connectivity index (χ4v) is 2.23. The van der Waals surface area contributed by atoms with Crippen molar-refractivity contribution >= 4 is 17.2 Å². The normalized spacial score (nSPS) is 11.8. The Morgan fingerprint density at radius 3 is 2.95 bits per heavy atom. The van der Waals surface area contributed by atoms with Gasteiger partial charge in [-0.3, -0.25) is 4.79 Å². The first kappa shape index (κ1) is 15.7. The zero-order chi connectivity index (χ0) is 14.3. The van der Waals surface area contributed by atoms with E-state index in [2.05, 4.69) is 22.1 Å². The van der Waals surface area contributed by atoms with Crippen molar-refractivity contribution < 1.29 is 9.90 Å². The number of carbonyl (C=O) groups excluding carboxylic acids is 1. The van der Waals surface area contributed by atoms with Crippen molar-refractivity contribution in [3.63, 3.8) is 0 Å². The number of hydrogen-bond donors (Lipinski definition) is 2. The number of amides is 1. The molecule has 0 radical (unpaired) electrons. The predicted octanol–water partition coefficient (Wildman–Crippen LogP) is 1.16. The van der Waals surface area contributed by atoms with Crippen LogP contribution in [-0.4, -0.2) is 49.2 Å². The minimum Gasteiger partial charge on any atom is -0.384 e. The van der Waals surface area contributed by atoms with Gasteiger partial charge in [0.2, 0.25) is 0 Å². The molecule has 0 aliphatic heterocycles. The monoisotopic (exact) mass is 280 g/mol. The highest BCUT2D eigenvalue weighted by Crippen LogP contribution is 2.13. The lowest BCUT2D eigenvalue weighted by atomic mass is 10.2. The largest absolute Gasteiger partial charge is 0.384 e. The minimum absolute atomic E-state index is 0.0699. The average molecular weight is 280 g/mol. The van der Waals surface area contributed by atoms with E-state index in [4.69, 9.17) is 5.11 Å². The van der Waals surface area contributed by atoms with E-state index in [0.717, 1.165) is 17.8 Å². The summed E-state index contributed by atoms with van der Waals surface area (Å²) in [5.74, 6) is 5.29. The van der Waals surface area contributed by atoms with Crippen molar-refractivity contribution in [1.82, 2.24) is 10.2 Å². The van der Waals surface area contributed by atoms with Crippen LogP contribution >= 0.6 is 11.3 Å². The van der Waals surface area contributed by atoms with E-state index >= 15 is 0 Å². The molecule has 19 heavy (non-hydrogen) atoms. The first-order valence-electron chi connectivity index (χ1n) is 6.16. The Bertz CT molecular complexity index is 471. The summed E-state index contributed by atoms with van der Waals surface area (Å²) in [5, 5.41) is 13.4. The quantitative estimate of drug-likeness (QED) is 0.796. The molecule has 0 saturated carbocycles. The summed E-state index contributed by atoms with van der Waals surface area (Å²) in [6, 6.07) is 1.89. The van der Waals surface area contributed by atoms with E-state index in [9.17, 15) is 4.79 Å². The van der Waals surface area contributed by atoms with Gasteiger partial charge in [0.1, 0.15) is 6.61 Å². The maximum absolute atomic E-state index is 12.0. The summed E-state index contributed by atoms with van der Waals surface area (Å²) >= 11 is 1.41. The maximum Gasteiger partial charge on any atom is 0.252 e. The molecule has 0 aromatic carbocycles. The number of rotatable bonds is 5. The number of nitrogens with zero attached hydrogens (tertiary/aromatic N) is 1. The average Bonchev–Trinajstić information content (AvgIpc) is 2.82. The molecule has 0 aliphatic carbocycles. The van der Waals surface area contributed by atoms with Crippen molar-refractivity contribution in [3.8, 4) is 11.8 Å². The molecule has 1 aromatic heterocycles. The Labute approximate surface area is 118 Å². The Morgan fingerprint density at radius 2 is 2.32 bits per heavy atom. The lowest BCUT2D eigenvalue weighted by molar-refractivity contribution is 0.0937. The van der Waals surface area contributed by atoms with E-state index in [1.807, 2.05) is 21.0 Å². The van der Waals surface area contributed by atoms with Crippen LogP contribution in [-0.2, 0) is 0 Å². The van der Waals surface area contributed by atoms with Crippen LogP contribution in [0, 0.1) is 11.8 Å². The molecule has 1 heterocycles. The highest BCUT2D eigenvalue weighted by atomic mass is 32.1. The number of nitrogens with one attached hydrogen (secondary N) is 1. The van der Waals surface area contributed by atoms with Crippen molar-refractivity contribution in [1.29, 1.82) is 0 Å². The minimum atomic E-state index is -0.166. The number of aliphatic hydroxyl groups is 1. The Balaban J connectivity index is 2.51. The van der Waals surface area contributed by atoms with Crippen LogP contribution < -0.4 is 5.32 Å². The van der Waals surface area contributed by atoms with E-state index in [0.29, 0.717) is 5.56 Å². The summed E-state index contributed by atoms with van der Waals surface area (Å²) in [7, 11) is 4.03. The van der Waals surface area contributed by atoms with Gasteiger partial charge in [0.15, 0.2) is 0 Å². The van der Waals surface area contributed by atoms with Gasteiger partial charge in [-0.25, -0.2) is 0 Å². The zero-order valence-corrected chi connectivity index (χ0v) is 12.4. The van der Waals surface area contributed by atoms with Crippen LogP contribution in [0.1, 0.15) is 28.6 Å².